The van der Waals surface area contributed by atoms with Crippen LogP contribution in [0.15, 0.2) is 16.6 Å². The molecule has 2 rings (SSSR count). The molecule has 0 aliphatic rings. The van der Waals surface area contributed by atoms with Gasteiger partial charge in [-0.2, -0.15) is 5.10 Å². The fourth-order valence-corrected chi connectivity index (χ4v) is 2.98. The molecule has 21 heavy (non-hydrogen) atoms. The van der Waals surface area contributed by atoms with Crippen LogP contribution in [-0.4, -0.2) is 35.5 Å². The SMILES string of the molecule is CCc1c(-c2cc(C(=O)O)[nH]n2)cc(OC)c(OC)c1Br. The Bertz CT molecular complexity index is 682. The first-order valence-corrected chi connectivity index (χ1v) is 7.05. The molecule has 0 aliphatic carbocycles. The highest BCUT2D eigenvalue weighted by molar-refractivity contribution is 9.10. The fraction of sp³-hybridized carbons (Fsp3) is 0.286. The molecule has 112 valence electrons. The standard InChI is InChI=1S/C14H15BrN2O4/c1-4-7-8(9-6-10(14(18)19)17-16-9)5-11(20-2)13(21-3)12(7)15/h5-6H,4H2,1-3H3,(H,16,17)(H,18,19). The predicted octanol–water partition coefficient (Wildman–Crippen LogP) is 3.12. The van der Waals surface area contributed by atoms with E-state index in [1.807, 2.05) is 6.92 Å². The second kappa shape index (κ2) is 6.17. The maximum atomic E-state index is 11.0. The molecule has 7 heteroatoms. The molecule has 2 aromatic rings. The lowest BCUT2D eigenvalue weighted by molar-refractivity contribution is 0.0690. The van der Waals surface area contributed by atoms with Gasteiger partial charge in [0.25, 0.3) is 0 Å². The third-order valence-corrected chi connectivity index (χ3v) is 3.99. The van der Waals surface area contributed by atoms with E-state index in [0.29, 0.717) is 17.2 Å². The van der Waals surface area contributed by atoms with Gasteiger partial charge in [0.15, 0.2) is 11.5 Å². The van der Waals surface area contributed by atoms with Crippen LogP contribution in [0.5, 0.6) is 11.5 Å². The molecule has 0 radical (unpaired) electrons. The monoisotopic (exact) mass is 354 g/mol. The van der Waals surface area contributed by atoms with Gasteiger partial charge in [-0.1, -0.05) is 6.92 Å². The number of benzene rings is 1. The van der Waals surface area contributed by atoms with Crippen LogP contribution in [0.2, 0.25) is 0 Å². The maximum absolute atomic E-state index is 11.0. The molecule has 2 N–H and O–H groups in total. The molecule has 0 unspecified atom stereocenters. The van der Waals surface area contributed by atoms with Gasteiger partial charge in [0.1, 0.15) is 5.69 Å². The number of hydrogen-bond acceptors (Lipinski definition) is 4. The van der Waals surface area contributed by atoms with Gasteiger partial charge in [-0.3, -0.25) is 5.10 Å². The van der Waals surface area contributed by atoms with Gasteiger partial charge in [-0.15, -0.1) is 0 Å². The zero-order valence-electron chi connectivity index (χ0n) is 11.9. The molecule has 0 saturated heterocycles. The minimum Gasteiger partial charge on any atom is -0.493 e. The number of halogens is 1. The molecule has 0 atom stereocenters. The van der Waals surface area contributed by atoms with Crippen molar-refractivity contribution in [1.82, 2.24) is 10.2 Å². The first-order valence-electron chi connectivity index (χ1n) is 6.25. The largest absolute Gasteiger partial charge is 0.493 e. The summed E-state index contributed by atoms with van der Waals surface area (Å²) >= 11 is 3.52. The van der Waals surface area contributed by atoms with Crippen molar-refractivity contribution in [3.63, 3.8) is 0 Å². The number of aromatic carboxylic acids is 1. The van der Waals surface area contributed by atoms with Gasteiger partial charge in [0.2, 0.25) is 0 Å². The predicted molar refractivity (Wildman–Crippen MR) is 81.2 cm³/mol. The fourth-order valence-electron chi connectivity index (χ4n) is 2.13. The quantitative estimate of drug-likeness (QED) is 0.861. The Hall–Kier alpha value is -2.02. The van der Waals surface area contributed by atoms with E-state index >= 15 is 0 Å². The molecule has 0 amide bonds. The Morgan fingerprint density at radius 3 is 2.57 bits per heavy atom. The Balaban J connectivity index is 2.66. The summed E-state index contributed by atoms with van der Waals surface area (Å²) in [6.45, 7) is 2.00. The van der Waals surface area contributed by atoms with Crippen LogP contribution in [-0.2, 0) is 6.42 Å². The zero-order chi connectivity index (χ0) is 15.6. The highest BCUT2D eigenvalue weighted by atomic mass is 79.9. The number of aromatic nitrogens is 2. The summed E-state index contributed by atoms with van der Waals surface area (Å²) in [6.07, 6.45) is 0.728. The third kappa shape index (κ3) is 2.73. The lowest BCUT2D eigenvalue weighted by atomic mass is 10.0. The lowest BCUT2D eigenvalue weighted by Gasteiger charge is -2.15. The van der Waals surface area contributed by atoms with Crippen LogP contribution >= 0.6 is 15.9 Å². The summed E-state index contributed by atoms with van der Waals surface area (Å²) in [7, 11) is 3.12. The molecule has 0 aliphatic heterocycles. The van der Waals surface area contributed by atoms with Gasteiger partial charge in [-0.25, -0.2) is 4.79 Å². The van der Waals surface area contributed by atoms with Crippen molar-refractivity contribution in [2.45, 2.75) is 13.3 Å². The number of hydrogen-bond donors (Lipinski definition) is 2. The van der Waals surface area contributed by atoms with Crippen molar-refractivity contribution in [2.24, 2.45) is 0 Å². The molecule has 0 fully saturated rings. The summed E-state index contributed by atoms with van der Waals surface area (Å²) in [6, 6.07) is 3.29. The second-order valence-corrected chi connectivity index (χ2v) is 5.07. The number of carbonyl (C=O) groups is 1. The summed E-state index contributed by atoms with van der Waals surface area (Å²) in [5.74, 6) is 0.106. The molecule has 6 nitrogen and oxygen atoms in total. The smallest absolute Gasteiger partial charge is 0.353 e. The summed E-state index contributed by atoms with van der Waals surface area (Å²) < 4.78 is 11.5. The Morgan fingerprint density at radius 1 is 1.38 bits per heavy atom. The molecule has 0 saturated carbocycles. The van der Waals surface area contributed by atoms with Crippen LogP contribution in [0.4, 0.5) is 0 Å². The number of H-pyrrole nitrogens is 1. The Labute approximate surface area is 130 Å². The number of ether oxygens (including phenoxy) is 2. The lowest BCUT2D eigenvalue weighted by Crippen LogP contribution is -1.98. The van der Waals surface area contributed by atoms with Crippen molar-refractivity contribution in [2.75, 3.05) is 14.2 Å². The molecule has 1 aromatic heterocycles. The molecule has 1 aromatic carbocycles. The van der Waals surface area contributed by atoms with Crippen LogP contribution in [0.3, 0.4) is 0 Å². The first-order chi connectivity index (χ1) is 10.0. The normalized spacial score (nSPS) is 10.5. The van der Waals surface area contributed by atoms with Crippen LogP contribution in [0, 0.1) is 0 Å². The molecule has 1 heterocycles. The molecular formula is C14H15BrN2O4. The minimum atomic E-state index is -1.05. The van der Waals surface area contributed by atoms with Crippen LogP contribution < -0.4 is 9.47 Å². The van der Waals surface area contributed by atoms with Crippen molar-refractivity contribution in [1.29, 1.82) is 0 Å². The highest BCUT2D eigenvalue weighted by Crippen LogP contribution is 2.43. The van der Waals surface area contributed by atoms with E-state index in [9.17, 15) is 4.79 Å². The van der Waals surface area contributed by atoms with E-state index in [-0.39, 0.29) is 5.69 Å². The molecule has 0 bridgehead atoms. The van der Waals surface area contributed by atoms with Crippen molar-refractivity contribution in [3.8, 4) is 22.8 Å². The van der Waals surface area contributed by atoms with E-state index in [0.717, 1.165) is 22.0 Å². The molecule has 0 spiro atoms. The number of nitrogens with one attached hydrogen (secondary N) is 1. The van der Waals surface area contributed by atoms with Gasteiger partial charge < -0.3 is 14.6 Å². The summed E-state index contributed by atoms with van der Waals surface area (Å²) in [5, 5.41) is 15.6. The minimum absolute atomic E-state index is 0.0398. The van der Waals surface area contributed by atoms with Crippen LogP contribution in [0.25, 0.3) is 11.3 Å². The zero-order valence-corrected chi connectivity index (χ0v) is 13.4. The number of nitrogens with zero attached hydrogens (tertiary/aromatic N) is 1. The van der Waals surface area contributed by atoms with Crippen molar-refractivity contribution < 1.29 is 19.4 Å². The maximum Gasteiger partial charge on any atom is 0.353 e. The van der Waals surface area contributed by atoms with Crippen molar-refractivity contribution in [3.05, 3.63) is 27.9 Å². The number of rotatable bonds is 5. The van der Waals surface area contributed by atoms with Gasteiger partial charge in [-0.05, 0) is 40.0 Å². The number of aromatic amines is 1. The van der Waals surface area contributed by atoms with E-state index in [2.05, 4.69) is 26.1 Å². The summed E-state index contributed by atoms with van der Waals surface area (Å²) in [4.78, 5) is 11.0. The molecular weight excluding hydrogens is 340 g/mol. The third-order valence-electron chi connectivity index (χ3n) is 3.15. The van der Waals surface area contributed by atoms with Gasteiger partial charge >= 0.3 is 5.97 Å². The number of carboxylic acids is 1. The van der Waals surface area contributed by atoms with Crippen LogP contribution in [0.1, 0.15) is 23.0 Å². The number of carboxylic acid groups (broad SMARTS) is 1. The first kappa shape index (κ1) is 15.4. The van der Waals surface area contributed by atoms with E-state index < -0.39 is 5.97 Å². The van der Waals surface area contributed by atoms with Gasteiger partial charge in [0, 0.05) is 5.56 Å². The van der Waals surface area contributed by atoms with E-state index in [1.165, 1.54) is 6.07 Å². The topological polar surface area (TPSA) is 84.4 Å². The van der Waals surface area contributed by atoms with E-state index in [4.69, 9.17) is 14.6 Å². The van der Waals surface area contributed by atoms with Gasteiger partial charge in [0.05, 0.1) is 24.4 Å². The second-order valence-electron chi connectivity index (χ2n) is 4.28. The van der Waals surface area contributed by atoms with E-state index in [1.54, 1.807) is 20.3 Å². The summed E-state index contributed by atoms with van der Waals surface area (Å²) in [5.41, 5.74) is 2.35. The van der Waals surface area contributed by atoms with Crippen molar-refractivity contribution >= 4 is 21.9 Å². The average Bonchev–Trinajstić information content (AvgIpc) is 2.96. The average molecular weight is 355 g/mol. The number of methoxy groups -OCH3 is 2. The highest BCUT2D eigenvalue weighted by Gasteiger charge is 2.20. The Kier molecular flexibility index (Phi) is 4.52. The Morgan fingerprint density at radius 2 is 2.10 bits per heavy atom.